The van der Waals surface area contributed by atoms with E-state index in [4.69, 9.17) is 14.2 Å². The van der Waals surface area contributed by atoms with Crippen LogP contribution in [0.3, 0.4) is 0 Å². The quantitative estimate of drug-likeness (QED) is 0.0953. The fourth-order valence-corrected chi connectivity index (χ4v) is 7.33. The van der Waals surface area contributed by atoms with Crippen LogP contribution in [-0.4, -0.2) is 55.8 Å². The fraction of sp³-hybridized carbons (Fsp3) is 0.391. The molecule has 4 aromatic rings. The lowest BCUT2D eigenvalue weighted by Gasteiger charge is -2.23. The number of allylic oxidation sites excluding steroid dienone is 2. The second-order valence-corrected chi connectivity index (χ2v) is 14.5. The van der Waals surface area contributed by atoms with E-state index in [1.54, 1.807) is 25.9 Å². The number of anilines is 2. The Hall–Kier alpha value is -4.93. The normalized spacial score (nSPS) is 14.7. The average molecular weight is 769 g/mol. The molecule has 5 rings (SSSR count). The maximum atomic E-state index is 14.5. The summed E-state index contributed by atoms with van der Waals surface area (Å²) >= 11 is 0. The number of hydrogen-bond acceptors (Lipinski definition) is 7. The molecule has 0 fully saturated rings. The van der Waals surface area contributed by atoms with E-state index in [1.165, 1.54) is 6.42 Å². The van der Waals surface area contributed by atoms with Crippen LogP contribution in [0, 0.1) is 5.92 Å². The van der Waals surface area contributed by atoms with Crippen molar-refractivity contribution >= 4 is 17.2 Å². The molecule has 0 saturated carbocycles. The van der Waals surface area contributed by atoms with Gasteiger partial charge in [0.15, 0.2) is 0 Å². The van der Waals surface area contributed by atoms with Crippen LogP contribution in [0.4, 0.5) is 24.8 Å². The first kappa shape index (κ1) is 42.2. The number of rotatable bonds is 19. The summed E-state index contributed by atoms with van der Waals surface area (Å²) in [5, 5.41) is 3.10. The van der Waals surface area contributed by atoms with Crippen molar-refractivity contribution in [2.75, 3.05) is 46.3 Å². The van der Waals surface area contributed by atoms with Gasteiger partial charge in [0.25, 0.3) is 0 Å². The number of alkyl halides is 3. The van der Waals surface area contributed by atoms with Gasteiger partial charge in [0.1, 0.15) is 17.2 Å². The van der Waals surface area contributed by atoms with Gasteiger partial charge in [-0.1, -0.05) is 80.1 Å². The molecule has 1 N–H and O–H groups in total. The summed E-state index contributed by atoms with van der Waals surface area (Å²) in [6, 6.07) is 22.2. The minimum atomic E-state index is -4.71. The second kappa shape index (κ2) is 20.3. The van der Waals surface area contributed by atoms with Crippen molar-refractivity contribution in [3.05, 3.63) is 132 Å². The second-order valence-electron chi connectivity index (χ2n) is 14.5. The molecule has 1 aliphatic rings. The first-order valence-electron chi connectivity index (χ1n) is 19.4. The zero-order valence-electron chi connectivity index (χ0n) is 33.1. The van der Waals surface area contributed by atoms with Crippen LogP contribution in [0.5, 0.6) is 17.2 Å². The highest BCUT2D eigenvalue weighted by atomic mass is 19.4. The Morgan fingerprint density at radius 3 is 2.46 bits per heavy atom. The van der Waals surface area contributed by atoms with E-state index in [1.807, 2.05) is 66.7 Å². The zero-order chi connectivity index (χ0) is 40.1. The number of para-hydroxylation sites is 1. The van der Waals surface area contributed by atoms with Gasteiger partial charge in [-0.25, -0.2) is 9.97 Å². The SMILES string of the molecule is C=C(CCC(CCC)C1=CCCN(C)CC1)Cc1ccc(Nc2ncc(C(F)(F)F)c(C(=C)C(CCOC)c3cccc(Oc4ccccc4)c3)n2)cc1OC. The van der Waals surface area contributed by atoms with Crippen LogP contribution in [-0.2, 0) is 17.3 Å². The standard InChI is InChI=1S/C46H55F3N4O3/c1-7-13-34(35-15-12-25-53(4)26-23-35)20-19-32(2)28-37-21-22-38(30-43(37)55-6)51-45-50-31-42(46(47,48)49)44(52-45)33(3)41(24-27-54-5)36-14-11-18-40(29-36)56-39-16-9-8-10-17-39/h8-11,14-18,21-22,29-31,34,41H,2-3,7,12-13,19-20,23-28H2,1,4-6H3,(H,50,51,52). The number of nitrogens with zero attached hydrogens (tertiary/aromatic N) is 3. The molecule has 2 heterocycles. The third-order valence-electron chi connectivity index (χ3n) is 10.4. The largest absolute Gasteiger partial charge is 0.496 e. The summed E-state index contributed by atoms with van der Waals surface area (Å²) in [6.45, 7) is 13.4. The van der Waals surface area contributed by atoms with E-state index in [0.717, 1.165) is 68.1 Å². The highest BCUT2D eigenvalue weighted by Crippen LogP contribution is 2.41. The molecule has 298 valence electrons. The molecule has 1 aromatic heterocycles. The van der Waals surface area contributed by atoms with Gasteiger partial charge in [-0.15, -0.1) is 0 Å². The molecule has 3 aromatic carbocycles. The van der Waals surface area contributed by atoms with Gasteiger partial charge < -0.3 is 24.4 Å². The van der Waals surface area contributed by atoms with Crippen LogP contribution in [0.25, 0.3) is 5.57 Å². The van der Waals surface area contributed by atoms with Gasteiger partial charge in [-0.2, -0.15) is 13.2 Å². The number of halogens is 3. The van der Waals surface area contributed by atoms with Crippen molar-refractivity contribution in [1.29, 1.82) is 0 Å². The van der Waals surface area contributed by atoms with Crippen LogP contribution in [0.15, 0.2) is 109 Å². The molecule has 1 aliphatic heterocycles. The van der Waals surface area contributed by atoms with E-state index in [0.29, 0.717) is 48.3 Å². The molecular formula is C46H55F3N4O3. The third-order valence-corrected chi connectivity index (χ3v) is 10.4. The van der Waals surface area contributed by atoms with Crippen LogP contribution >= 0.6 is 0 Å². The Morgan fingerprint density at radius 2 is 1.73 bits per heavy atom. The van der Waals surface area contributed by atoms with Gasteiger partial charge in [-0.3, -0.25) is 0 Å². The van der Waals surface area contributed by atoms with Crippen molar-refractivity contribution in [2.24, 2.45) is 5.92 Å². The monoisotopic (exact) mass is 768 g/mol. The molecule has 2 atom stereocenters. The summed E-state index contributed by atoms with van der Waals surface area (Å²) in [5.74, 6) is 1.84. The summed E-state index contributed by atoms with van der Waals surface area (Å²) in [7, 11) is 5.35. The van der Waals surface area contributed by atoms with Crippen LogP contribution < -0.4 is 14.8 Å². The van der Waals surface area contributed by atoms with Crippen molar-refractivity contribution < 1.29 is 27.4 Å². The van der Waals surface area contributed by atoms with Crippen LogP contribution in [0.2, 0.25) is 0 Å². The number of ether oxygens (including phenoxy) is 3. The molecule has 0 saturated heterocycles. The maximum Gasteiger partial charge on any atom is 0.419 e. The lowest BCUT2D eigenvalue weighted by atomic mass is 9.86. The van der Waals surface area contributed by atoms with Crippen molar-refractivity contribution in [2.45, 2.75) is 70.4 Å². The van der Waals surface area contributed by atoms with Gasteiger partial charge in [0, 0.05) is 50.7 Å². The molecular weight excluding hydrogens is 714 g/mol. The summed E-state index contributed by atoms with van der Waals surface area (Å²) < 4.78 is 60.6. The lowest BCUT2D eigenvalue weighted by Crippen LogP contribution is -2.19. The Morgan fingerprint density at radius 1 is 0.946 bits per heavy atom. The first-order valence-corrected chi connectivity index (χ1v) is 19.4. The first-order chi connectivity index (χ1) is 27.0. The van der Waals surface area contributed by atoms with Gasteiger partial charge in [0.2, 0.25) is 5.95 Å². The van der Waals surface area contributed by atoms with E-state index >= 15 is 0 Å². The minimum Gasteiger partial charge on any atom is -0.496 e. The topological polar surface area (TPSA) is 68.7 Å². The smallest absolute Gasteiger partial charge is 0.419 e. The number of methoxy groups -OCH3 is 2. The fourth-order valence-electron chi connectivity index (χ4n) is 7.33. The van der Waals surface area contributed by atoms with Gasteiger partial charge >= 0.3 is 6.18 Å². The Kier molecular flexibility index (Phi) is 15.3. The van der Waals surface area contributed by atoms with Crippen molar-refractivity contribution in [1.82, 2.24) is 14.9 Å². The third kappa shape index (κ3) is 11.8. The number of nitrogens with one attached hydrogen (secondary N) is 1. The van der Waals surface area contributed by atoms with Crippen molar-refractivity contribution in [3.63, 3.8) is 0 Å². The van der Waals surface area contributed by atoms with Gasteiger partial charge in [0.05, 0.1) is 18.4 Å². The maximum absolute atomic E-state index is 14.5. The molecule has 0 spiro atoms. The van der Waals surface area contributed by atoms with E-state index < -0.39 is 17.7 Å². The van der Waals surface area contributed by atoms with E-state index in [9.17, 15) is 13.2 Å². The molecule has 0 radical (unpaired) electrons. The zero-order valence-corrected chi connectivity index (χ0v) is 33.1. The Bertz CT molecular complexity index is 1950. The summed E-state index contributed by atoms with van der Waals surface area (Å²) in [5.41, 5.74) is 3.91. The van der Waals surface area contributed by atoms with E-state index in [2.05, 4.69) is 53.4 Å². The summed E-state index contributed by atoms with van der Waals surface area (Å²) in [4.78, 5) is 10.9. The molecule has 10 heteroatoms. The molecule has 7 nitrogen and oxygen atoms in total. The molecule has 56 heavy (non-hydrogen) atoms. The lowest BCUT2D eigenvalue weighted by molar-refractivity contribution is -0.138. The summed E-state index contributed by atoms with van der Waals surface area (Å²) in [6.07, 6.45) is 6.13. The average Bonchev–Trinajstić information content (AvgIpc) is 3.41. The molecule has 0 bridgehead atoms. The number of benzene rings is 3. The Balaban J connectivity index is 1.33. The van der Waals surface area contributed by atoms with Crippen molar-refractivity contribution in [3.8, 4) is 17.2 Å². The Labute approximate surface area is 330 Å². The molecule has 0 aliphatic carbocycles. The van der Waals surface area contributed by atoms with Gasteiger partial charge in [-0.05, 0) is 105 Å². The predicted octanol–water partition coefficient (Wildman–Crippen LogP) is 11.8. The minimum absolute atomic E-state index is 0.000920. The molecule has 2 unspecified atom stereocenters. The highest BCUT2D eigenvalue weighted by molar-refractivity contribution is 5.71. The number of hydrogen-bond donors (Lipinski definition) is 1. The predicted molar refractivity (Wildman–Crippen MR) is 220 cm³/mol. The highest BCUT2D eigenvalue weighted by Gasteiger charge is 2.37. The van der Waals surface area contributed by atoms with E-state index in [-0.39, 0.29) is 17.2 Å². The number of aromatic nitrogens is 2. The molecule has 0 amide bonds. The van der Waals surface area contributed by atoms with Crippen LogP contribution in [0.1, 0.15) is 80.2 Å².